The van der Waals surface area contributed by atoms with Crippen LogP contribution >= 0.6 is 0 Å². The lowest BCUT2D eigenvalue weighted by Gasteiger charge is -2.30. The average Bonchev–Trinajstić information content (AvgIpc) is 2.16. The Labute approximate surface area is 102 Å². The highest BCUT2D eigenvalue weighted by molar-refractivity contribution is 4.68. The second kappa shape index (κ2) is 8.97. The minimum Gasteiger partial charge on any atom is -0.384 e. The maximum absolute atomic E-state index is 5.11. The summed E-state index contributed by atoms with van der Waals surface area (Å²) in [5, 5.41) is 3.49. The van der Waals surface area contributed by atoms with Crippen molar-refractivity contribution in [3.8, 4) is 0 Å². The second-order valence-corrected chi connectivity index (χ2v) is 5.19. The van der Waals surface area contributed by atoms with E-state index in [9.17, 15) is 0 Å². The Morgan fingerprint density at radius 3 is 2.06 bits per heavy atom. The van der Waals surface area contributed by atoms with E-state index in [0.717, 1.165) is 26.2 Å². The van der Waals surface area contributed by atoms with Gasteiger partial charge in [-0.25, -0.2) is 0 Å². The van der Waals surface area contributed by atoms with E-state index < -0.39 is 0 Å². The van der Waals surface area contributed by atoms with Gasteiger partial charge in [0.15, 0.2) is 0 Å². The normalized spacial score (nSPS) is 14.1. The Bertz CT molecular complexity index is 152. The Morgan fingerprint density at radius 1 is 1.06 bits per heavy atom. The maximum Gasteiger partial charge on any atom is 0.0499 e. The van der Waals surface area contributed by atoms with Crippen molar-refractivity contribution >= 4 is 0 Å². The standard InChI is InChI=1S/C13H30N2O/c1-11(2)15(12(3)4)8-7-14-9-13(5)10-16-6/h11-14H,7-10H2,1-6H3. The SMILES string of the molecule is COCC(C)CNCCN(C(C)C)C(C)C. The number of hydrogen-bond donors (Lipinski definition) is 1. The first-order valence-corrected chi connectivity index (χ1v) is 6.44. The van der Waals surface area contributed by atoms with Crippen molar-refractivity contribution in [2.24, 2.45) is 5.92 Å². The number of hydrogen-bond acceptors (Lipinski definition) is 3. The molecule has 3 nitrogen and oxygen atoms in total. The summed E-state index contributed by atoms with van der Waals surface area (Å²) in [6.07, 6.45) is 0. The van der Waals surface area contributed by atoms with Crippen LogP contribution in [0.15, 0.2) is 0 Å². The minimum absolute atomic E-state index is 0.594. The predicted octanol–water partition coefficient (Wildman–Crippen LogP) is 1.98. The van der Waals surface area contributed by atoms with Crippen LogP contribution in [-0.2, 0) is 4.74 Å². The molecule has 0 aliphatic rings. The fourth-order valence-corrected chi connectivity index (χ4v) is 2.01. The molecule has 0 aliphatic heterocycles. The van der Waals surface area contributed by atoms with E-state index in [1.807, 2.05) is 0 Å². The summed E-state index contributed by atoms with van der Waals surface area (Å²) in [6.45, 7) is 15.3. The molecule has 0 amide bonds. The van der Waals surface area contributed by atoms with Crippen molar-refractivity contribution in [3.05, 3.63) is 0 Å². The van der Waals surface area contributed by atoms with Crippen LogP contribution in [0.1, 0.15) is 34.6 Å². The first-order valence-electron chi connectivity index (χ1n) is 6.44. The molecule has 1 N–H and O–H groups in total. The Hall–Kier alpha value is -0.120. The highest BCUT2D eigenvalue weighted by Gasteiger charge is 2.12. The summed E-state index contributed by atoms with van der Waals surface area (Å²) in [4.78, 5) is 2.51. The fraction of sp³-hybridized carbons (Fsp3) is 1.00. The average molecular weight is 230 g/mol. The number of nitrogens with zero attached hydrogens (tertiary/aromatic N) is 1. The number of ether oxygens (including phenoxy) is 1. The van der Waals surface area contributed by atoms with Gasteiger partial charge < -0.3 is 10.1 Å². The molecule has 0 rings (SSSR count). The molecule has 0 radical (unpaired) electrons. The van der Waals surface area contributed by atoms with Crippen LogP contribution in [0.4, 0.5) is 0 Å². The molecule has 16 heavy (non-hydrogen) atoms. The zero-order valence-corrected chi connectivity index (χ0v) is 11.9. The van der Waals surface area contributed by atoms with E-state index in [2.05, 4.69) is 44.8 Å². The van der Waals surface area contributed by atoms with Crippen LogP contribution in [0.3, 0.4) is 0 Å². The van der Waals surface area contributed by atoms with E-state index in [0.29, 0.717) is 18.0 Å². The Balaban J connectivity index is 3.62. The molecule has 0 saturated heterocycles. The van der Waals surface area contributed by atoms with Crippen LogP contribution in [0, 0.1) is 5.92 Å². The molecule has 0 bridgehead atoms. The first-order chi connectivity index (χ1) is 7.49. The summed E-state index contributed by atoms with van der Waals surface area (Å²) in [5.41, 5.74) is 0. The van der Waals surface area contributed by atoms with Gasteiger partial charge in [0.05, 0.1) is 0 Å². The summed E-state index contributed by atoms with van der Waals surface area (Å²) < 4.78 is 5.11. The van der Waals surface area contributed by atoms with Crippen molar-refractivity contribution in [1.29, 1.82) is 0 Å². The van der Waals surface area contributed by atoms with Gasteiger partial charge in [0, 0.05) is 38.9 Å². The molecule has 1 unspecified atom stereocenters. The number of rotatable bonds is 9. The largest absolute Gasteiger partial charge is 0.384 e. The molecular weight excluding hydrogens is 200 g/mol. The molecular formula is C13H30N2O. The van der Waals surface area contributed by atoms with Gasteiger partial charge >= 0.3 is 0 Å². The molecule has 0 saturated carbocycles. The van der Waals surface area contributed by atoms with Gasteiger partial charge in [0.1, 0.15) is 0 Å². The van der Waals surface area contributed by atoms with Crippen LogP contribution in [0.5, 0.6) is 0 Å². The monoisotopic (exact) mass is 230 g/mol. The quantitative estimate of drug-likeness (QED) is 0.613. The molecule has 0 spiro atoms. The maximum atomic E-state index is 5.11. The lowest BCUT2D eigenvalue weighted by molar-refractivity contribution is 0.153. The molecule has 0 aromatic rings. The zero-order chi connectivity index (χ0) is 12.6. The molecule has 0 aliphatic carbocycles. The molecule has 0 heterocycles. The smallest absolute Gasteiger partial charge is 0.0499 e. The molecule has 98 valence electrons. The lowest BCUT2D eigenvalue weighted by Crippen LogP contribution is -2.42. The van der Waals surface area contributed by atoms with Crippen molar-refractivity contribution < 1.29 is 4.74 Å². The number of nitrogens with one attached hydrogen (secondary N) is 1. The Kier molecular flexibility index (Phi) is 8.90. The van der Waals surface area contributed by atoms with Gasteiger partial charge in [0.25, 0.3) is 0 Å². The van der Waals surface area contributed by atoms with Crippen LogP contribution in [-0.4, -0.2) is 50.3 Å². The summed E-state index contributed by atoms with van der Waals surface area (Å²) in [6, 6.07) is 1.25. The van der Waals surface area contributed by atoms with E-state index in [-0.39, 0.29) is 0 Å². The zero-order valence-electron chi connectivity index (χ0n) is 11.9. The van der Waals surface area contributed by atoms with Gasteiger partial charge in [-0.1, -0.05) is 6.92 Å². The highest BCUT2D eigenvalue weighted by Crippen LogP contribution is 2.03. The predicted molar refractivity (Wildman–Crippen MR) is 70.9 cm³/mol. The van der Waals surface area contributed by atoms with Crippen molar-refractivity contribution in [1.82, 2.24) is 10.2 Å². The van der Waals surface area contributed by atoms with Gasteiger partial charge in [-0.2, -0.15) is 0 Å². The minimum atomic E-state index is 0.594. The third-order valence-electron chi connectivity index (χ3n) is 2.82. The third-order valence-corrected chi connectivity index (χ3v) is 2.82. The Morgan fingerprint density at radius 2 is 1.62 bits per heavy atom. The number of methoxy groups -OCH3 is 1. The topological polar surface area (TPSA) is 24.5 Å². The van der Waals surface area contributed by atoms with Crippen LogP contribution in [0.25, 0.3) is 0 Å². The second-order valence-electron chi connectivity index (χ2n) is 5.19. The van der Waals surface area contributed by atoms with Crippen molar-refractivity contribution in [2.75, 3.05) is 33.4 Å². The van der Waals surface area contributed by atoms with E-state index >= 15 is 0 Å². The lowest BCUT2D eigenvalue weighted by atomic mass is 10.2. The highest BCUT2D eigenvalue weighted by atomic mass is 16.5. The van der Waals surface area contributed by atoms with Crippen molar-refractivity contribution in [3.63, 3.8) is 0 Å². The van der Waals surface area contributed by atoms with Gasteiger partial charge in [0.2, 0.25) is 0 Å². The summed E-state index contributed by atoms with van der Waals surface area (Å²) in [5.74, 6) is 0.594. The van der Waals surface area contributed by atoms with Crippen LogP contribution in [0.2, 0.25) is 0 Å². The molecule has 0 aromatic carbocycles. The van der Waals surface area contributed by atoms with Gasteiger partial charge in [-0.3, -0.25) is 4.90 Å². The van der Waals surface area contributed by atoms with E-state index in [1.54, 1.807) is 7.11 Å². The third kappa shape index (κ3) is 7.20. The first kappa shape index (κ1) is 15.9. The van der Waals surface area contributed by atoms with E-state index in [4.69, 9.17) is 4.74 Å². The summed E-state index contributed by atoms with van der Waals surface area (Å²) in [7, 11) is 1.76. The van der Waals surface area contributed by atoms with E-state index in [1.165, 1.54) is 0 Å². The molecule has 0 fully saturated rings. The summed E-state index contributed by atoms with van der Waals surface area (Å²) >= 11 is 0. The van der Waals surface area contributed by atoms with Crippen LogP contribution < -0.4 is 5.32 Å². The van der Waals surface area contributed by atoms with Gasteiger partial charge in [-0.05, 0) is 40.2 Å². The molecule has 0 aromatic heterocycles. The molecule has 1 atom stereocenters. The molecule has 3 heteroatoms. The van der Waals surface area contributed by atoms with Gasteiger partial charge in [-0.15, -0.1) is 0 Å². The van der Waals surface area contributed by atoms with Crippen molar-refractivity contribution in [2.45, 2.75) is 46.7 Å². The fourth-order valence-electron chi connectivity index (χ4n) is 2.01.